The molecule has 0 saturated heterocycles. The molecule has 66 valence electrons. The topological polar surface area (TPSA) is 30.2 Å². The maximum Gasteiger partial charge on any atom is 0.137 e. The fourth-order valence-electron chi connectivity index (χ4n) is 1.22. The molecule has 0 saturated carbocycles. The fourth-order valence-corrected chi connectivity index (χ4v) is 1.22. The van der Waals surface area contributed by atoms with Crippen LogP contribution in [0.15, 0.2) is 28.7 Å². The molecular weight excluding hydrogens is 162 g/mol. The van der Waals surface area contributed by atoms with Gasteiger partial charge in [-0.15, -0.1) is 0 Å². The lowest BCUT2D eigenvalue weighted by molar-refractivity contribution is 1.08. The summed E-state index contributed by atoms with van der Waals surface area (Å²) in [6.45, 7) is 3.99. The van der Waals surface area contributed by atoms with Crippen LogP contribution in [0.4, 0.5) is 0 Å². The number of rotatable bonds is 0. The highest BCUT2D eigenvalue weighted by atomic mass is 15.0. The van der Waals surface area contributed by atoms with E-state index in [4.69, 9.17) is 0 Å². The lowest BCUT2D eigenvalue weighted by Gasteiger charge is -2.02. The molecule has 13 heavy (non-hydrogen) atoms. The monoisotopic (exact) mass is 173 g/mol. The van der Waals surface area contributed by atoms with E-state index in [-0.39, 0.29) is 0 Å². The Balaban J connectivity index is 2.58. The Bertz CT molecular complexity index is 371. The second kappa shape index (κ2) is 3.01. The van der Waals surface area contributed by atoms with Crippen molar-refractivity contribution in [2.45, 2.75) is 13.8 Å². The third-order valence-corrected chi connectivity index (χ3v) is 1.85. The summed E-state index contributed by atoms with van der Waals surface area (Å²) in [5.74, 6) is 0.947. The van der Waals surface area contributed by atoms with Gasteiger partial charge in [0.05, 0.1) is 5.70 Å². The molecule has 3 heteroatoms. The quantitative estimate of drug-likeness (QED) is 0.591. The van der Waals surface area contributed by atoms with Gasteiger partial charge in [-0.25, -0.2) is 4.98 Å². The Morgan fingerprint density at radius 1 is 1.31 bits per heavy atom. The Morgan fingerprint density at radius 3 is 3.00 bits per heavy atom. The summed E-state index contributed by atoms with van der Waals surface area (Å²) < 4.78 is 1.97. The van der Waals surface area contributed by atoms with Crippen molar-refractivity contribution >= 4 is 18.5 Å². The summed E-state index contributed by atoms with van der Waals surface area (Å²) in [7, 11) is 0. The van der Waals surface area contributed by atoms with E-state index in [2.05, 4.69) is 9.98 Å². The van der Waals surface area contributed by atoms with Crippen molar-refractivity contribution in [3.05, 3.63) is 29.5 Å². The van der Waals surface area contributed by atoms with Crippen LogP contribution in [0, 0.1) is 0 Å². The van der Waals surface area contributed by atoms with Gasteiger partial charge in [-0.1, -0.05) is 0 Å². The van der Waals surface area contributed by atoms with E-state index in [9.17, 15) is 0 Å². The standard InChI is InChI=1S/C10H11N3/c1-8-5-10-11-3-4-13(10)7-9(2)12-6-8/h3-7H,1-2H3/b8-5?,9-7-,12-6?. The van der Waals surface area contributed by atoms with Gasteiger partial charge < -0.3 is 4.57 Å². The van der Waals surface area contributed by atoms with Crippen molar-refractivity contribution in [1.82, 2.24) is 9.55 Å². The second-order valence-electron chi connectivity index (χ2n) is 3.11. The minimum absolute atomic E-state index is 0.947. The first-order chi connectivity index (χ1) is 6.25. The highest BCUT2D eigenvalue weighted by Crippen LogP contribution is 2.10. The van der Waals surface area contributed by atoms with Crippen LogP contribution in [0.1, 0.15) is 19.7 Å². The molecule has 2 rings (SSSR count). The van der Waals surface area contributed by atoms with Crippen LogP contribution in [0.25, 0.3) is 12.3 Å². The number of aliphatic imine (C=N–C) groups is 1. The molecule has 1 aromatic heterocycles. The van der Waals surface area contributed by atoms with Crippen molar-refractivity contribution in [1.29, 1.82) is 0 Å². The zero-order valence-corrected chi connectivity index (χ0v) is 7.73. The van der Waals surface area contributed by atoms with Gasteiger partial charge in [0.1, 0.15) is 5.82 Å². The van der Waals surface area contributed by atoms with Crippen molar-refractivity contribution in [2.75, 3.05) is 0 Å². The zero-order valence-electron chi connectivity index (χ0n) is 7.73. The van der Waals surface area contributed by atoms with Gasteiger partial charge in [-0.2, -0.15) is 0 Å². The molecule has 0 amide bonds. The molecule has 0 atom stereocenters. The third-order valence-electron chi connectivity index (χ3n) is 1.85. The third kappa shape index (κ3) is 1.59. The predicted octanol–water partition coefficient (Wildman–Crippen LogP) is 2.19. The van der Waals surface area contributed by atoms with E-state index in [1.807, 2.05) is 43.1 Å². The predicted molar refractivity (Wildman–Crippen MR) is 54.3 cm³/mol. The average Bonchev–Trinajstić information content (AvgIpc) is 2.47. The van der Waals surface area contributed by atoms with Gasteiger partial charge in [0.25, 0.3) is 0 Å². The number of hydrogen-bond donors (Lipinski definition) is 0. The van der Waals surface area contributed by atoms with E-state index < -0.39 is 0 Å². The summed E-state index contributed by atoms with van der Waals surface area (Å²) in [6.07, 6.45) is 9.52. The molecule has 1 aromatic rings. The van der Waals surface area contributed by atoms with Crippen molar-refractivity contribution < 1.29 is 0 Å². The van der Waals surface area contributed by atoms with Crippen LogP contribution in [-0.4, -0.2) is 15.8 Å². The zero-order chi connectivity index (χ0) is 9.26. The number of aromatic nitrogens is 2. The first-order valence-corrected chi connectivity index (χ1v) is 4.19. The summed E-state index contributed by atoms with van der Waals surface area (Å²) in [5.41, 5.74) is 2.09. The van der Waals surface area contributed by atoms with Gasteiger partial charge in [0.15, 0.2) is 0 Å². The van der Waals surface area contributed by atoms with Crippen LogP contribution in [0.3, 0.4) is 0 Å². The molecular formula is C10H11N3. The van der Waals surface area contributed by atoms with Gasteiger partial charge >= 0.3 is 0 Å². The molecule has 0 unspecified atom stereocenters. The first kappa shape index (κ1) is 7.98. The molecule has 0 bridgehead atoms. The molecule has 3 nitrogen and oxygen atoms in total. The Morgan fingerprint density at radius 2 is 2.15 bits per heavy atom. The second-order valence-corrected chi connectivity index (χ2v) is 3.11. The van der Waals surface area contributed by atoms with E-state index in [1.54, 1.807) is 6.20 Å². The van der Waals surface area contributed by atoms with Crippen molar-refractivity contribution in [3.63, 3.8) is 0 Å². The van der Waals surface area contributed by atoms with Crippen LogP contribution in [0.5, 0.6) is 0 Å². The van der Waals surface area contributed by atoms with E-state index in [0.717, 1.165) is 17.1 Å². The highest BCUT2D eigenvalue weighted by Gasteiger charge is 1.99. The Hall–Kier alpha value is -1.64. The fraction of sp³-hybridized carbons (Fsp3) is 0.200. The molecule has 0 radical (unpaired) electrons. The van der Waals surface area contributed by atoms with Crippen LogP contribution in [0.2, 0.25) is 0 Å². The number of allylic oxidation sites excluding steroid dienone is 2. The maximum atomic E-state index is 4.26. The smallest absolute Gasteiger partial charge is 0.137 e. The number of hydrogen-bond acceptors (Lipinski definition) is 2. The largest absolute Gasteiger partial charge is 0.305 e. The van der Waals surface area contributed by atoms with Gasteiger partial charge in [-0.05, 0) is 25.5 Å². The average molecular weight is 173 g/mol. The molecule has 0 fully saturated rings. The summed E-state index contributed by atoms with van der Waals surface area (Å²) in [5, 5.41) is 0. The van der Waals surface area contributed by atoms with Crippen LogP contribution >= 0.6 is 0 Å². The van der Waals surface area contributed by atoms with Gasteiger partial charge in [0.2, 0.25) is 0 Å². The van der Waals surface area contributed by atoms with Crippen molar-refractivity contribution in [2.24, 2.45) is 4.99 Å². The van der Waals surface area contributed by atoms with Gasteiger partial charge in [0, 0.05) is 24.8 Å². The minimum Gasteiger partial charge on any atom is -0.305 e. The normalized spacial score (nSPS) is 19.5. The first-order valence-electron chi connectivity index (χ1n) is 4.19. The number of nitrogens with zero attached hydrogens (tertiary/aromatic N) is 3. The lowest BCUT2D eigenvalue weighted by Crippen LogP contribution is -1.94. The molecule has 0 N–H and O–H groups in total. The summed E-state index contributed by atoms with van der Waals surface area (Å²) >= 11 is 0. The SMILES string of the molecule is CC1=Cc2nccn2/C=C(/C)N=C1. The summed E-state index contributed by atoms with van der Waals surface area (Å²) in [6, 6.07) is 0. The minimum atomic E-state index is 0.947. The molecule has 0 aromatic carbocycles. The van der Waals surface area contributed by atoms with E-state index >= 15 is 0 Å². The highest BCUT2D eigenvalue weighted by molar-refractivity contribution is 5.85. The Kier molecular flexibility index (Phi) is 1.85. The number of fused-ring (bicyclic) bond motifs is 1. The molecule has 1 aliphatic rings. The maximum absolute atomic E-state index is 4.26. The summed E-state index contributed by atoms with van der Waals surface area (Å²) in [4.78, 5) is 8.49. The van der Waals surface area contributed by atoms with Gasteiger partial charge in [-0.3, -0.25) is 4.99 Å². The molecule has 0 aliphatic carbocycles. The van der Waals surface area contributed by atoms with E-state index in [1.165, 1.54) is 0 Å². The van der Waals surface area contributed by atoms with Crippen LogP contribution in [-0.2, 0) is 0 Å². The van der Waals surface area contributed by atoms with Crippen molar-refractivity contribution in [3.8, 4) is 0 Å². The molecule has 0 spiro atoms. The number of imidazole rings is 1. The molecule has 2 heterocycles. The van der Waals surface area contributed by atoms with Crippen LogP contribution < -0.4 is 0 Å². The molecule has 1 aliphatic heterocycles. The van der Waals surface area contributed by atoms with E-state index in [0.29, 0.717) is 0 Å². The lowest BCUT2D eigenvalue weighted by atomic mass is 10.3. The Labute approximate surface area is 77.1 Å².